The lowest BCUT2D eigenvalue weighted by Gasteiger charge is -2.15. The summed E-state index contributed by atoms with van der Waals surface area (Å²) in [6.45, 7) is 5.92. The molecule has 0 amide bonds. The highest BCUT2D eigenvalue weighted by Gasteiger charge is 2.22. The van der Waals surface area contributed by atoms with Crippen molar-refractivity contribution in [3.63, 3.8) is 0 Å². The minimum Gasteiger partial charge on any atom is -0.396 e. The summed E-state index contributed by atoms with van der Waals surface area (Å²) in [5, 5.41) is 8.41. The van der Waals surface area contributed by atoms with Gasteiger partial charge in [0.05, 0.1) is 5.41 Å². The summed E-state index contributed by atoms with van der Waals surface area (Å²) in [6, 6.07) is 0. The molecule has 72 valence electrons. The van der Waals surface area contributed by atoms with Gasteiger partial charge in [0.25, 0.3) is 0 Å². The molecule has 0 aromatic carbocycles. The maximum Gasteiger partial charge on any atom is 0.329 e. The van der Waals surface area contributed by atoms with E-state index < -0.39 is 5.41 Å². The topological polar surface area (TPSA) is 58.6 Å². The van der Waals surface area contributed by atoms with Gasteiger partial charge in [-0.25, -0.2) is 4.79 Å². The molecule has 0 unspecified atom stereocenters. The highest BCUT2D eigenvalue weighted by molar-refractivity contribution is 5.75. The summed E-state index contributed by atoms with van der Waals surface area (Å²) < 4.78 is 0. The number of nitrogens with one attached hydrogen (secondary N) is 1. The van der Waals surface area contributed by atoms with E-state index in [0.29, 0.717) is 13.0 Å². The molecule has 0 bridgehead atoms. The molecule has 12 heavy (non-hydrogen) atoms. The third-order valence-corrected chi connectivity index (χ3v) is 1.21. The molecule has 0 aliphatic rings. The molecule has 0 radical (unpaired) electrons. The van der Waals surface area contributed by atoms with E-state index in [9.17, 15) is 4.79 Å². The number of rotatable bonds is 4. The quantitative estimate of drug-likeness (QED) is 0.481. The van der Waals surface area contributed by atoms with E-state index in [2.05, 4.69) is 5.48 Å². The lowest BCUT2D eigenvalue weighted by atomic mass is 9.98. The average molecular weight is 175 g/mol. The van der Waals surface area contributed by atoms with Crippen LogP contribution < -0.4 is 5.48 Å². The van der Waals surface area contributed by atoms with Gasteiger partial charge in [-0.2, -0.15) is 5.48 Å². The van der Waals surface area contributed by atoms with Gasteiger partial charge in [-0.3, -0.25) is 0 Å². The van der Waals surface area contributed by atoms with E-state index in [-0.39, 0.29) is 12.6 Å². The average Bonchev–Trinajstić information content (AvgIpc) is 1.96. The highest BCUT2D eigenvalue weighted by Crippen LogP contribution is 2.13. The Balaban J connectivity index is 3.45. The van der Waals surface area contributed by atoms with Gasteiger partial charge in [0.2, 0.25) is 0 Å². The highest BCUT2D eigenvalue weighted by atomic mass is 16.7. The summed E-state index contributed by atoms with van der Waals surface area (Å²) in [5.74, 6) is -0.291. The number of carbonyl (C=O) groups is 1. The molecule has 0 aliphatic carbocycles. The second kappa shape index (κ2) is 5.11. The van der Waals surface area contributed by atoms with E-state index in [1.807, 2.05) is 0 Å². The fourth-order valence-corrected chi connectivity index (χ4v) is 0.421. The van der Waals surface area contributed by atoms with E-state index in [1.54, 1.807) is 20.8 Å². The van der Waals surface area contributed by atoms with Crippen molar-refractivity contribution in [2.45, 2.75) is 27.2 Å². The van der Waals surface area contributed by atoms with Gasteiger partial charge in [0.1, 0.15) is 0 Å². The second-order valence-corrected chi connectivity index (χ2v) is 3.61. The first-order valence-electron chi connectivity index (χ1n) is 4.03. The molecule has 0 aliphatic heterocycles. The lowest BCUT2D eigenvalue weighted by molar-refractivity contribution is -0.160. The van der Waals surface area contributed by atoms with Crippen LogP contribution >= 0.6 is 0 Å². The summed E-state index contributed by atoms with van der Waals surface area (Å²) >= 11 is 0. The number of aliphatic hydroxyl groups is 1. The Morgan fingerprint density at radius 2 is 2.08 bits per heavy atom. The predicted octanol–water partition coefficient (Wildman–Crippen LogP) is 0.463. The van der Waals surface area contributed by atoms with Gasteiger partial charge in [0, 0.05) is 13.2 Å². The van der Waals surface area contributed by atoms with Crippen molar-refractivity contribution in [3.8, 4) is 0 Å². The molecule has 0 atom stereocenters. The molecule has 2 N–H and O–H groups in total. The Bertz CT molecular complexity index is 140. The van der Waals surface area contributed by atoms with Crippen LogP contribution in [0.1, 0.15) is 27.2 Å². The summed E-state index contributed by atoms with van der Waals surface area (Å²) in [6.07, 6.45) is 0.581. The first-order valence-corrected chi connectivity index (χ1v) is 4.03. The van der Waals surface area contributed by atoms with Crippen LogP contribution in [0, 0.1) is 5.41 Å². The van der Waals surface area contributed by atoms with Crippen LogP contribution in [0.2, 0.25) is 0 Å². The van der Waals surface area contributed by atoms with Gasteiger partial charge < -0.3 is 9.94 Å². The second-order valence-electron chi connectivity index (χ2n) is 3.61. The fourth-order valence-electron chi connectivity index (χ4n) is 0.421. The zero-order valence-corrected chi connectivity index (χ0v) is 7.89. The zero-order valence-electron chi connectivity index (χ0n) is 7.89. The van der Waals surface area contributed by atoms with E-state index in [0.717, 1.165) is 0 Å². The molecular weight excluding hydrogens is 158 g/mol. The monoisotopic (exact) mass is 175 g/mol. The first kappa shape index (κ1) is 11.4. The van der Waals surface area contributed by atoms with Crippen LogP contribution in [0.4, 0.5) is 0 Å². The van der Waals surface area contributed by atoms with Crippen LogP contribution in [-0.4, -0.2) is 24.2 Å². The number of aliphatic hydroxyl groups excluding tert-OH is 1. The maximum atomic E-state index is 11.1. The molecule has 0 saturated heterocycles. The number of hydrogen-bond acceptors (Lipinski definition) is 4. The molecule has 4 nitrogen and oxygen atoms in total. The third-order valence-electron chi connectivity index (χ3n) is 1.21. The SMILES string of the molecule is CC(C)(C)C(=O)ONCCCO. The molecule has 0 saturated carbocycles. The Morgan fingerprint density at radius 3 is 2.50 bits per heavy atom. The minimum absolute atomic E-state index is 0.0973. The molecular formula is C8H17NO3. The van der Waals surface area contributed by atoms with E-state index in [4.69, 9.17) is 9.94 Å². The third kappa shape index (κ3) is 5.09. The van der Waals surface area contributed by atoms with Crippen molar-refractivity contribution in [3.05, 3.63) is 0 Å². The van der Waals surface area contributed by atoms with E-state index in [1.165, 1.54) is 0 Å². The van der Waals surface area contributed by atoms with Crippen molar-refractivity contribution in [1.82, 2.24) is 5.48 Å². The van der Waals surface area contributed by atoms with Crippen molar-refractivity contribution >= 4 is 5.97 Å². The van der Waals surface area contributed by atoms with Crippen LogP contribution in [0.15, 0.2) is 0 Å². The summed E-state index contributed by atoms with van der Waals surface area (Å²) in [7, 11) is 0. The van der Waals surface area contributed by atoms with Crippen molar-refractivity contribution < 1.29 is 14.7 Å². The standard InChI is InChI=1S/C8H17NO3/c1-8(2,3)7(11)12-9-5-4-6-10/h9-10H,4-6H2,1-3H3. The minimum atomic E-state index is -0.480. The normalized spacial score (nSPS) is 11.3. The molecule has 0 heterocycles. The first-order chi connectivity index (χ1) is 5.48. The zero-order chi connectivity index (χ0) is 9.61. The van der Waals surface area contributed by atoms with Gasteiger partial charge in [-0.15, -0.1) is 0 Å². The molecule has 0 aromatic rings. The van der Waals surface area contributed by atoms with Gasteiger partial charge in [0.15, 0.2) is 0 Å². The Morgan fingerprint density at radius 1 is 1.50 bits per heavy atom. The summed E-state index contributed by atoms with van der Waals surface area (Å²) in [5.41, 5.74) is 2.00. The van der Waals surface area contributed by atoms with Gasteiger partial charge >= 0.3 is 5.97 Å². The van der Waals surface area contributed by atoms with Crippen LogP contribution in [0.25, 0.3) is 0 Å². The predicted molar refractivity (Wildman–Crippen MR) is 45.3 cm³/mol. The maximum absolute atomic E-state index is 11.1. The molecule has 0 fully saturated rings. The smallest absolute Gasteiger partial charge is 0.329 e. The van der Waals surface area contributed by atoms with Crippen LogP contribution in [0.3, 0.4) is 0 Å². The number of carbonyl (C=O) groups excluding carboxylic acids is 1. The van der Waals surface area contributed by atoms with Crippen molar-refractivity contribution in [2.75, 3.05) is 13.2 Å². The molecule has 0 rings (SSSR count). The Hall–Kier alpha value is -0.610. The Kier molecular flexibility index (Phi) is 4.85. The summed E-state index contributed by atoms with van der Waals surface area (Å²) in [4.78, 5) is 15.8. The molecule has 4 heteroatoms. The van der Waals surface area contributed by atoms with Crippen molar-refractivity contribution in [1.29, 1.82) is 0 Å². The fraction of sp³-hybridized carbons (Fsp3) is 0.875. The molecule has 0 spiro atoms. The van der Waals surface area contributed by atoms with Gasteiger partial charge in [-0.1, -0.05) is 0 Å². The van der Waals surface area contributed by atoms with Gasteiger partial charge in [-0.05, 0) is 27.2 Å². The number of hydrogen-bond donors (Lipinski definition) is 2. The largest absolute Gasteiger partial charge is 0.396 e. The van der Waals surface area contributed by atoms with Crippen LogP contribution in [-0.2, 0) is 9.63 Å². The Labute approximate surface area is 72.9 Å². The number of hydroxylamine groups is 1. The van der Waals surface area contributed by atoms with Crippen LogP contribution in [0.5, 0.6) is 0 Å². The molecule has 0 aromatic heterocycles. The lowest BCUT2D eigenvalue weighted by Crippen LogP contribution is -2.30. The van der Waals surface area contributed by atoms with Crippen molar-refractivity contribution in [2.24, 2.45) is 5.41 Å². The van der Waals surface area contributed by atoms with E-state index >= 15 is 0 Å².